The molecule has 8 heteroatoms. The highest BCUT2D eigenvalue weighted by atomic mass is 32.2. The van der Waals surface area contributed by atoms with Gasteiger partial charge in [-0.25, -0.2) is 13.8 Å². The van der Waals surface area contributed by atoms with E-state index in [-0.39, 0.29) is 4.90 Å². The van der Waals surface area contributed by atoms with Crippen LogP contribution >= 0.6 is 0 Å². The van der Waals surface area contributed by atoms with Crippen molar-refractivity contribution in [3.8, 4) is 5.75 Å². The van der Waals surface area contributed by atoms with Crippen LogP contribution in [-0.4, -0.2) is 33.7 Å². The zero-order valence-corrected chi connectivity index (χ0v) is 20.9. The highest BCUT2D eigenvalue weighted by molar-refractivity contribution is 7.92. The first-order valence-electron chi connectivity index (χ1n) is 11.5. The monoisotopic (exact) mass is 491 g/mol. The number of rotatable bonds is 7. The second-order valence-corrected chi connectivity index (χ2v) is 10.4. The van der Waals surface area contributed by atoms with Gasteiger partial charge in [0.1, 0.15) is 12.3 Å². The van der Waals surface area contributed by atoms with E-state index in [2.05, 4.69) is 10.5 Å². The number of nitrogens with one attached hydrogen (secondary N) is 1. The number of sulfonamides is 1. The van der Waals surface area contributed by atoms with Crippen molar-refractivity contribution in [2.45, 2.75) is 38.0 Å². The van der Waals surface area contributed by atoms with Gasteiger partial charge < -0.3 is 4.74 Å². The van der Waals surface area contributed by atoms with Gasteiger partial charge in [0, 0.05) is 5.56 Å². The molecule has 7 nitrogen and oxygen atoms in total. The van der Waals surface area contributed by atoms with Crippen LogP contribution in [0.15, 0.2) is 76.7 Å². The predicted octanol–water partition coefficient (Wildman–Crippen LogP) is 4.36. The normalized spacial score (nSPS) is 14.3. The van der Waals surface area contributed by atoms with Gasteiger partial charge in [0.15, 0.2) is 0 Å². The molecular formula is C27H29N3O4S. The van der Waals surface area contributed by atoms with Gasteiger partial charge in [0.05, 0.1) is 23.4 Å². The summed E-state index contributed by atoms with van der Waals surface area (Å²) in [5.74, 6) is 0.267. The first-order chi connectivity index (χ1) is 16.8. The Labute approximate surface area is 206 Å². The number of anilines is 1. The quantitative estimate of drug-likeness (QED) is 0.498. The number of aryl methyl sites for hydroxylation is 3. The van der Waals surface area contributed by atoms with Crippen LogP contribution in [0.4, 0.5) is 5.69 Å². The summed E-state index contributed by atoms with van der Waals surface area (Å²) in [4.78, 5) is 13.1. The number of benzene rings is 3. The van der Waals surface area contributed by atoms with E-state index in [4.69, 9.17) is 4.74 Å². The summed E-state index contributed by atoms with van der Waals surface area (Å²) >= 11 is 0. The number of carbonyl (C=O) groups is 1. The minimum Gasteiger partial charge on any atom is -0.497 e. The number of hydrazone groups is 1. The first kappa shape index (κ1) is 24.5. The second kappa shape index (κ2) is 10.3. The number of nitrogens with zero attached hydrogens (tertiary/aromatic N) is 2. The fourth-order valence-electron chi connectivity index (χ4n) is 4.19. The van der Waals surface area contributed by atoms with Crippen molar-refractivity contribution in [2.24, 2.45) is 5.10 Å². The summed E-state index contributed by atoms with van der Waals surface area (Å²) in [5, 5.41) is 4.38. The molecule has 0 unspecified atom stereocenters. The Morgan fingerprint density at radius 1 is 1.03 bits per heavy atom. The van der Waals surface area contributed by atoms with E-state index in [0.717, 1.165) is 57.3 Å². The molecule has 1 aliphatic carbocycles. The third-order valence-electron chi connectivity index (χ3n) is 6.05. The molecule has 0 fully saturated rings. The molecule has 1 aliphatic rings. The molecule has 0 saturated carbocycles. The van der Waals surface area contributed by atoms with Crippen molar-refractivity contribution in [1.29, 1.82) is 0 Å². The summed E-state index contributed by atoms with van der Waals surface area (Å²) in [6.45, 7) is 3.32. The minimum atomic E-state index is -3.98. The van der Waals surface area contributed by atoms with Crippen molar-refractivity contribution in [2.75, 3.05) is 18.0 Å². The Balaban J connectivity index is 1.62. The lowest BCUT2D eigenvalue weighted by Crippen LogP contribution is -2.40. The Bertz CT molecular complexity index is 1370. The highest BCUT2D eigenvalue weighted by Crippen LogP contribution is 2.28. The molecule has 0 aromatic heterocycles. The van der Waals surface area contributed by atoms with Crippen molar-refractivity contribution < 1.29 is 17.9 Å². The smallest absolute Gasteiger partial charge is 0.264 e. The number of ether oxygens (including phenoxy) is 1. The number of carbonyl (C=O) groups excluding carboxylic acids is 1. The standard InChI is InChI=1S/C27H29N3O4S/c1-19-12-13-20(2)26(16-19)30(35(32,33)23-9-5-4-6-10-23)18-27(31)29-28-25-11-7-8-21-17-22(34-3)14-15-24(21)25/h4-6,9-10,12-17H,7-8,11,18H2,1-3H3,(H,29,31)/b28-25+. The van der Waals surface area contributed by atoms with E-state index >= 15 is 0 Å². The maximum Gasteiger partial charge on any atom is 0.264 e. The lowest BCUT2D eigenvalue weighted by molar-refractivity contribution is -0.119. The first-order valence-corrected chi connectivity index (χ1v) is 12.9. The molecule has 0 spiro atoms. The molecule has 0 saturated heterocycles. The topological polar surface area (TPSA) is 88.1 Å². The van der Waals surface area contributed by atoms with Gasteiger partial charge in [0.2, 0.25) is 0 Å². The SMILES string of the molecule is COc1ccc2c(c1)CCC/C2=N\NC(=O)CN(c1cc(C)ccc1C)S(=O)(=O)c1ccccc1. The van der Waals surface area contributed by atoms with Gasteiger partial charge in [-0.05, 0) is 86.2 Å². The predicted molar refractivity (Wildman–Crippen MR) is 138 cm³/mol. The van der Waals surface area contributed by atoms with Gasteiger partial charge in [-0.2, -0.15) is 5.10 Å². The average molecular weight is 492 g/mol. The van der Waals surface area contributed by atoms with Crippen LogP contribution in [0, 0.1) is 13.8 Å². The fourth-order valence-corrected chi connectivity index (χ4v) is 5.68. The molecule has 0 bridgehead atoms. The number of fused-ring (bicyclic) bond motifs is 1. The number of hydrogen-bond acceptors (Lipinski definition) is 5. The number of amides is 1. The highest BCUT2D eigenvalue weighted by Gasteiger charge is 2.28. The summed E-state index contributed by atoms with van der Waals surface area (Å²) in [7, 11) is -2.35. The molecule has 3 aromatic rings. The van der Waals surface area contributed by atoms with Crippen LogP contribution in [-0.2, 0) is 21.2 Å². The van der Waals surface area contributed by atoms with Crippen molar-refractivity contribution in [1.82, 2.24) is 5.43 Å². The Hall–Kier alpha value is -3.65. The van der Waals surface area contributed by atoms with Gasteiger partial charge in [-0.15, -0.1) is 0 Å². The lowest BCUT2D eigenvalue weighted by Gasteiger charge is -2.26. The Kier molecular flexibility index (Phi) is 7.21. The van der Waals surface area contributed by atoms with Crippen molar-refractivity contribution in [3.63, 3.8) is 0 Å². The third kappa shape index (κ3) is 5.38. The lowest BCUT2D eigenvalue weighted by atomic mass is 9.90. The van der Waals surface area contributed by atoms with E-state index in [9.17, 15) is 13.2 Å². The molecule has 3 aromatic carbocycles. The average Bonchev–Trinajstić information content (AvgIpc) is 2.87. The summed E-state index contributed by atoms with van der Waals surface area (Å²) in [6.07, 6.45) is 2.55. The van der Waals surface area contributed by atoms with Crippen LogP contribution < -0.4 is 14.5 Å². The van der Waals surface area contributed by atoms with E-state index in [1.165, 1.54) is 12.1 Å². The molecule has 35 heavy (non-hydrogen) atoms. The van der Waals surface area contributed by atoms with E-state index < -0.39 is 22.5 Å². The molecule has 0 atom stereocenters. The molecule has 4 rings (SSSR count). The summed E-state index contributed by atoms with van der Waals surface area (Å²) in [6, 6.07) is 19.5. The minimum absolute atomic E-state index is 0.121. The van der Waals surface area contributed by atoms with E-state index in [1.807, 2.05) is 44.2 Å². The number of methoxy groups -OCH3 is 1. The third-order valence-corrected chi connectivity index (χ3v) is 7.82. The molecule has 0 heterocycles. The maximum atomic E-state index is 13.6. The molecular weight excluding hydrogens is 462 g/mol. The van der Waals surface area contributed by atoms with Crippen molar-refractivity contribution in [3.05, 3.63) is 89.0 Å². The van der Waals surface area contributed by atoms with E-state index in [0.29, 0.717) is 5.69 Å². The molecule has 0 radical (unpaired) electrons. The largest absolute Gasteiger partial charge is 0.497 e. The van der Waals surface area contributed by atoms with Gasteiger partial charge in [-0.1, -0.05) is 30.3 Å². The van der Waals surface area contributed by atoms with Gasteiger partial charge in [0.25, 0.3) is 15.9 Å². The molecule has 0 aliphatic heterocycles. The fraction of sp³-hybridized carbons (Fsp3) is 0.259. The maximum absolute atomic E-state index is 13.6. The Morgan fingerprint density at radius 3 is 2.54 bits per heavy atom. The van der Waals surface area contributed by atoms with Gasteiger partial charge >= 0.3 is 0 Å². The van der Waals surface area contributed by atoms with Crippen LogP contribution in [0.1, 0.15) is 35.1 Å². The van der Waals surface area contributed by atoms with Gasteiger partial charge in [-0.3, -0.25) is 9.10 Å². The number of hydrogen-bond donors (Lipinski definition) is 1. The molecule has 1 N–H and O–H groups in total. The van der Waals surface area contributed by atoms with Crippen molar-refractivity contribution >= 4 is 27.3 Å². The second-order valence-electron chi connectivity index (χ2n) is 8.58. The zero-order valence-electron chi connectivity index (χ0n) is 20.1. The summed E-state index contributed by atoms with van der Waals surface area (Å²) in [5.41, 5.74) is 7.57. The van der Waals surface area contributed by atoms with Crippen LogP contribution in [0.25, 0.3) is 0 Å². The summed E-state index contributed by atoms with van der Waals surface area (Å²) < 4.78 is 33.6. The van der Waals surface area contributed by atoms with Crippen LogP contribution in [0.3, 0.4) is 0 Å². The molecule has 182 valence electrons. The van der Waals surface area contributed by atoms with Crippen LogP contribution in [0.2, 0.25) is 0 Å². The molecule has 1 amide bonds. The van der Waals surface area contributed by atoms with Crippen LogP contribution in [0.5, 0.6) is 5.75 Å². The zero-order chi connectivity index (χ0) is 25.0. The van der Waals surface area contributed by atoms with E-state index in [1.54, 1.807) is 31.4 Å². The Morgan fingerprint density at radius 2 is 1.80 bits per heavy atom.